The molecule has 0 saturated carbocycles. The number of alkyl halides is 3. The highest BCUT2D eigenvalue weighted by atomic mass is 32.1. The van der Waals surface area contributed by atoms with E-state index in [1.165, 1.54) is 11.9 Å². The minimum atomic E-state index is -4.27. The summed E-state index contributed by atoms with van der Waals surface area (Å²) >= 11 is 1.05. The maximum Gasteiger partial charge on any atom is 0.408 e. The maximum absolute atomic E-state index is 13.0. The molecule has 3 aromatic heterocycles. The maximum atomic E-state index is 13.0. The third kappa shape index (κ3) is 9.79. The number of carbonyl (C=O) groups is 2. The molecular formula is C38H48F3N9O3S. The van der Waals surface area contributed by atoms with Crippen molar-refractivity contribution in [3.63, 3.8) is 0 Å². The molecule has 1 atom stereocenters. The lowest BCUT2D eigenvalue weighted by Crippen LogP contribution is -2.57. The first-order valence-corrected chi connectivity index (χ1v) is 19.3. The van der Waals surface area contributed by atoms with Crippen LogP contribution in [0.15, 0.2) is 30.6 Å². The Hall–Kier alpha value is -4.46. The molecular weight excluding hydrogens is 720 g/mol. The van der Waals surface area contributed by atoms with Gasteiger partial charge in [-0.05, 0) is 102 Å². The van der Waals surface area contributed by atoms with E-state index in [1.54, 1.807) is 26.8 Å². The topological polar surface area (TPSA) is 149 Å². The van der Waals surface area contributed by atoms with Crippen LogP contribution >= 0.6 is 11.3 Å². The number of alkyl carbamates (subject to hydrolysis) is 1. The van der Waals surface area contributed by atoms with Crippen molar-refractivity contribution in [1.82, 2.24) is 35.4 Å². The summed E-state index contributed by atoms with van der Waals surface area (Å²) in [6.07, 6.45) is 0.294. The molecule has 290 valence electrons. The largest absolute Gasteiger partial charge is 0.444 e. The molecule has 1 unspecified atom stereocenters. The van der Waals surface area contributed by atoms with Crippen LogP contribution < -0.4 is 21.3 Å². The monoisotopic (exact) mass is 767 g/mol. The van der Waals surface area contributed by atoms with Crippen LogP contribution in [0.3, 0.4) is 0 Å². The van der Waals surface area contributed by atoms with Gasteiger partial charge in [-0.15, -0.1) is 11.3 Å². The Morgan fingerprint density at radius 1 is 1.15 bits per heavy atom. The third-order valence-electron chi connectivity index (χ3n) is 10.1. The van der Waals surface area contributed by atoms with Crippen molar-refractivity contribution < 1.29 is 27.5 Å². The van der Waals surface area contributed by atoms with Crippen LogP contribution in [0.5, 0.6) is 0 Å². The van der Waals surface area contributed by atoms with Gasteiger partial charge in [0, 0.05) is 48.0 Å². The van der Waals surface area contributed by atoms with Gasteiger partial charge in [-0.2, -0.15) is 18.4 Å². The zero-order valence-corrected chi connectivity index (χ0v) is 32.0. The molecule has 2 aliphatic heterocycles. The smallest absolute Gasteiger partial charge is 0.408 e. The van der Waals surface area contributed by atoms with Crippen LogP contribution in [0.2, 0.25) is 0 Å². The normalized spacial score (nSPS) is 18.6. The number of benzene rings is 1. The number of rotatable bonds is 12. The number of anilines is 1. The second kappa shape index (κ2) is 16.1. The molecule has 0 aliphatic carbocycles. The van der Waals surface area contributed by atoms with Crippen molar-refractivity contribution in [2.45, 2.75) is 109 Å². The highest BCUT2D eigenvalue weighted by Gasteiger charge is 2.35. The number of hydrogen-bond acceptors (Lipinski definition) is 10. The number of aryl methyl sites for hydroxylation is 2. The second-order valence-corrected chi connectivity index (χ2v) is 16.5. The van der Waals surface area contributed by atoms with Gasteiger partial charge in [-0.3, -0.25) is 15.0 Å². The van der Waals surface area contributed by atoms with Gasteiger partial charge in [-0.1, -0.05) is 6.07 Å². The number of amides is 2. The van der Waals surface area contributed by atoms with E-state index in [2.05, 4.69) is 65.8 Å². The summed E-state index contributed by atoms with van der Waals surface area (Å²) in [4.78, 5) is 36.6. The Kier molecular flexibility index (Phi) is 11.7. The first kappa shape index (κ1) is 39.2. The zero-order chi connectivity index (χ0) is 38.7. The molecule has 1 aromatic carbocycles. The van der Waals surface area contributed by atoms with E-state index in [4.69, 9.17) is 4.74 Å². The summed E-state index contributed by atoms with van der Waals surface area (Å²) in [6.45, 7) is 11.1. The number of fused-ring (bicyclic) bond motifs is 2. The third-order valence-corrected chi connectivity index (χ3v) is 11.1. The fraction of sp³-hybridized carbons (Fsp3) is 0.553. The number of hydrogen-bond donors (Lipinski definition) is 4. The Bertz CT molecular complexity index is 2020. The van der Waals surface area contributed by atoms with E-state index in [-0.39, 0.29) is 23.4 Å². The Morgan fingerprint density at radius 2 is 1.93 bits per heavy atom. The van der Waals surface area contributed by atoms with Crippen LogP contribution in [0.4, 0.5) is 23.8 Å². The van der Waals surface area contributed by atoms with E-state index in [0.717, 1.165) is 86.1 Å². The van der Waals surface area contributed by atoms with Crippen LogP contribution in [-0.4, -0.2) is 81.1 Å². The summed E-state index contributed by atoms with van der Waals surface area (Å²) in [5.74, 6) is 0.282. The van der Waals surface area contributed by atoms with Crippen molar-refractivity contribution in [3.05, 3.63) is 52.3 Å². The lowest BCUT2D eigenvalue weighted by atomic mass is 10.0. The van der Waals surface area contributed by atoms with Gasteiger partial charge < -0.3 is 25.3 Å². The molecule has 0 radical (unpaired) electrons. The number of likely N-dealkylation sites (tertiary alicyclic amines) is 1. The number of nitriles is 1. The van der Waals surface area contributed by atoms with E-state index in [1.807, 2.05) is 6.07 Å². The van der Waals surface area contributed by atoms with Gasteiger partial charge in [0.2, 0.25) is 5.91 Å². The SMILES string of the molecule is Cc1c(CN2CCC(Nc3ncnc4sc(CC(F)(F)F)cc34)CC2)ccc2c1cc(C#N)n2CCCC1(NC(=O)CNC(=O)OC(C)(C)C)CCCN1. The average Bonchev–Trinajstić information content (AvgIpc) is 3.82. The first-order valence-electron chi connectivity index (χ1n) is 18.4. The summed E-state index contributed by atoms with van der Waals surface area (Å²) in [5, 5.41) is 24.3. The average molecular weight is 768 g/mol. The van der Waals surface area contributed by atoms with E-state index in [9.17, 15) is 28.0 Å². The fourth-order valence-electron chi connectivity index (χ4n) is 7.51. The quantitative estimate of drug-likeness (QED) is 0.127. The molecule has 5 heterocycles. The minimum Gasteiger partial charge on any atom is -0.444 e. The Balaban J connectivity index is 1.04. The zero-order valence-electron chi connectivity index (χ0n) is 31.2. The number of halogens is 3. The number of aromatic nitrogens is 3. The highest BCUT2D eigenvalue weighted by molar-refractivity contribution is 7.18. The van der Waals surface area contributed by atoms with Crippen molar-refractivity contribution >= 4 is 50.3 Å². The molecule has 2 fully saturated rings. The Morgan fingerprint density at radius 3 is 2.61 bits per heavy atom. The molecule has 54 heavy (non-hydrogen) atoms. The van der Waals surface area contributed by atoms with Gasteiger partial charge in [0.15, 0.2) is 0 Å². The Labute approximate surface area is 316 Å². The first-order chi connectivity index (χ1) is 25.6. The van der Waals surface area contributed by atoms with Crippen molar-refractivity contribution in [2.75, 3.05) is 31.5 Å². The fourth-order valence-corrected chi connectivity index (χ4v) is 8.53. The number of nitrogens with one attached hydrogen (secondary N) is 4. The van der Waals surface area contributed by atoms with Gasteiger partial charge in [0.05, 0.1) is 17.5 Å². The molecule has 4 aromatic rings. The van der Waals surface area contributed by atoms with E-state index >= 15 is 0 Å². The van der Waals surface area contributed by atoms with E-state index in [0.29, 0.717) is 34.7 Å². The molecule has 2 saturated heterocycles. The highest BCUT2D eigenvalue weighted by Crippen LogP contribution is 2.34. The molecule has 16 heteroatoms. The minimum absolute atomic E-state index is 0.141. The summed E-state index contributed by atoms with van der Waals surface area (Å²) in [5.41, 5.74) is 2.68. The standard InChI is InChI=1S/C38H48F3N9O3S/c1-24-25(22-49-15-9-26(10-16-49)47-33-30-18-28(19-38(39,40)41)54-34(30)45-23-44-33)7-8-31-29(24)17-27(20-42)50(31)14-6-12-37(11-5-13-46-37)48-32(51)21-43-35(52)53-36(2,3)4/h7-8,17-18,23,26,46H,5-6,9-16,19,21-22H2,1-4H3,(H,43,52)(H,48,51)(H,44,45,47). The van der Waals surface area contributed by atoms with Crippen molar-refractivity contribution in [2.24, 2.45) is 0 Å². The molecule has 0 spiro atoms. The van der Waals surface area contributed by atoms with E-state index < -0.39 is 30.0 Å². The van der Waals surface area contributed by atoms with Gasteiger partial charge in [-0.25, -0.2) is 14.8 Å². The lowest BCUT2D eigenvalue weighted by molar-refractivity contribution is -0.126. The number of ether oxygens (including phenoxy) is 1. The van der Waals surface area contributed by atoms with Crippen LogP contribution in [-0.2, 0) is 29.0 Å². The summed E-state index contributed by atoms with van der Waals surface area (Å²) in [6, 6.07) is 10.3. The molecule has 12 nitrogen and oxygen atoms in total. The molecule has 0 bridgehead atoms. The lowest BCUT2D eigenvalue weighted by Gasteiger charge is -2.33. The summed E-state index contributed by atoms with van der Waals surface area (Å²) < 4.78 is 46.3. The van der Waals surface area contributed by atoms with Crippen LogP contribution in [0, 0.1) is 18.3 Å². The second-order valence-electron chi connectivity index (χ2n) is 15.3. The number of piperidine rings is 1. The van der Waals surface area contributed by atoms with Crippen molar-refractivity contribution in [3.8, 4) is 6.07 Å². The summed E-state index contributed by atoms with van der Waals surface area (Å²) in [7, 11) is 0. The van der Waals surface area contributed by atoms with Gasteiger partial charge in [0.1, 0.15) is 40.9 Å². The molecule has 2 aliphatic rings. The van der Waals surface area contributed by atoms with Crippen molar-refractivity contribution in [1.29, 1.82) is 5.26 Å². The number of carbonyl (C=O) groups excluding carboxylic acids is 2. The van der Waals surface area contributed by atoms with Gasteiger partial charge >= 0.3 is 12.3 Å². The van der Waals surface area contributed by atoms with Gasteiger partial charge in [0.25, 0.3) is 0 Å². The number of nitrogens with zero attached hydrogens (tertiary/aromatic N) is 5. The molecule has 6 rings (SSSR count). The van der Waals surface area contributed by atoms with Crippen LogP contribution in [0.1, 0.15) is 81.0 Å². The molecule has 2 amide bonds. The predicted octanol–water partition coefficient (Wildman–Crippen LogP) is 6.51. The molecule has 4 N–H and O–H groups in total. The van der Waals surface area contributed by atoms with Crippen LogP contribution in [0.25, 0.3) is 21.1 Å². The number of thiophene rings is 1. The predicted molar refractivity (Wildman–Crippen MR) is 202 cm³/mol.